The van der Waals surface area contributed by atoms with Gasteiger partial charge in [-0.3, -0.25) is 9.69 Å². The van der Waals surface area contributed by atoms with Gasteiger partial charge in [0.25, 0.3) is 0 Å². The van der Waals surface area contributed by atoms with Crippen LogP contribution in [0.2, 0.25) is 0 Å². The van der Waals surface area contributed by atoms with Crippen molar-refractivity contribution in [2.24, 2.45) is 0 Å². The van der Waals surface area contributed by atoms with Crippen LogP contribution in [-0.4, -0.2) is 23.8 Å². The highest BCUT2D eigenvalue weighted by Gasteiger charge is 2.24. The molecule has 28 heavy (non-hydrogen) atoms. The van der Waals surface area contributed by atoms with Crippen LogP contribution in [0.15, 0.2) is 47.2 Å². The summed E-state index contributed by atoms with van der Waals surface area (Å²) < 4.78 is 0. The number of hydrogen-bond donors (Lipinski definition) is 1. The van der Waals surface area contributed by atoms with Crippen LogP contribution in [-0.2, 0) is 6.42 Å². The molecule has 0 saturated heterocycles. The van der Waals surface area contributed by atoms with Gasteiger partial charge in [0.2, 0.25) is 0 Å². The highest BCUT2D eigenvalue weighted by atomic mass is 16.2. The van der Waals surface area contributed by atoms with E-state index in [0.29, 0.717) is 24.3 Å². The lowest BCUT2D eigenvalue weighted by atomic mass is 10.1. The fourth-order valence-electron chi connectivity index (χ4n) is 2.80. The fourth-order valence-corrected chi connectivity index (χ4v) is 2.80. The number of nitrogens with zero attached hydrogens (tertiary/aromatic N) is 4. The molecular formula is C21H21N5O2. The van der Waals surface area contributed by atoms with E-state index in [2.05, 4.69) is 10.3 Å². The summed E-state index contributed by atoms with van der Waals surface area (Å²) in [5, 5.41) is 21.3. The van der Waals surface area contributed by atoms with Crippen molar-refractivity contribution in [1.82, 2.24) is 10.3 Å². The number of aromatic nitrogens is 1. The lowest BCUT2D eigenvalue weighted by molar-refractivity contribution is 0.111. The van der Waals surface area contributed by atoms with E-state index in [4.69, 9.17) is 0 Å². The molecule has 2 heterocycles. The number of urea groups is 1. The monoisotopic (exact) mass is 375 g/mol. The highest BCUT2D eigenvalue weighted by molar-refractivity contribution is 5.93. The van der Waals surface area contributed by atoms with Crippen molar-refractivity contribution < 1.29 is 9.59 Å². The molecule has 0 aliphatic carbocycles. The average molecular weight is 375 g/mol. The number of nitrogens with one attached hydrogen (secondary N) is 1. The van der Waals surface area contributed by atoms with E-state index in [1.807, 2.05) is 25.1 Å². The SMILES string of the molecule is CC/C=C/C(C#N)=C(C#N)\C=C(/C)NC(=O)N1CCCc2ccc(C=O)nc21. The highest BCUT2D eigenvalue weighted by Crippen LogP contribution is 2.25. The summed E-state index contributed by atoms with van der Waals surface area (Å²) in [5.41, 5.74) is 2.01. The molecular weight excluding hydrogens is 354 g/mol. The molecule has 0 spiro atoms. The Morgan fingerprint density at radius 2 is 2.07 bits per heavy atom. The Bertz CT molecular complexity index is 945. The van der Waals surface area contributed by atoms with Crippen LogP contribution in [0.4, 0.5) is 10.6 Å². The molecule has 1 N–H and O–H groups in total. The van der Waals surface area contributed by atoms with Crippen LogP contribution >= 0.6 is 0 Å². The minimum absolute atomic E-state index is 0.172. The fraction of sp³-hybridized carbons (Fsp3) is 0.286. The summed E-state index contributed by atoms with van der Waals surface area (Å²) in [4.78, 5) is 29.5. The van der Waals surface area contributed by atoms with Gasteiger partial charge in [-0.25, -0.2) is 9.78 Å². The third-order valence-electron chi connectivity index (χ3n) is 4.14. The number of anilines is 1. The maximum atomic E-state index is 12.7. The van der Waals surface area contributed by atoms with E-state index in [-0.39, 0.29) is 16.8 Å². The molecule has 7 nitrogen and oxygen atoms in total. The van der Waals surface area contributed by atoms with Crippen molar-refractivity contribution in [3.63, 3.8) is 0 Å². The lowest BCUT2D eigenvalue weighted by Crippen LogP contribution is -2.42. The molecule has 1 aromatic heterocycles. The van der Waals surface area contributed by atoms with E-state index in [1.54, 1.807) is 25.1 Å². The van der Waals surface area contributed by atoms with Crippen LogP contribution in [0.5, 0.6) is 0 Å². The van der Waals surface area contributed by atoms with Gasteiger partial charge in [-0.15, -0.1) is 0 Å². The Labute approximate surface area is 164 Å². The number of nitriles is 2. The standard InChI is InChI=1S/C21H21N5O2/c1-3-4-6-17(12-22)18(13-23)11-15(2)24-21(28)26-10-5-7-16-8-9-19(14-27)25-20(16)26/h4,6,8-9,11,14H,3,5,7,10H2,1-2H3,(H,24,28)/b6-4+,15-11+,18-17-. The van der Waals surface area contributed by atoms with Crippen LogP contribution in [0, 0.1) is 22.7 Å². The van der Waals surface area contributed by atoms with Gasteiger partial charge in [-0.1, -0.05) is 19.1 Å². The molecule has 1 aromatic rings. The Morgan fingerprint density at radius 1 is 1.32 bits per heavy atom. The first kappa shape index (κ1) is 20.6. The molecule has 2 rings (SSSR count). The van der Waals surface area contributed by atoms with Crippen molar-refractivity contribution in [3.8, 4) is 12.1 Å². The first-order valence-electron chi connectivity index (χ1n) is 8.97. The summed E-state index contributed by atoms with van der Waals surface area (Å²) in [6, 6.07) is 7.03. The summed E-state index contributed by atoms with van der Waals surface area (Å²) in [6.07, 6.45) is 7.82. The number of aryl methyl sites for hydroxylation is 1. The number of carbonyl (C=O) groups excluding carboxylic acids is 2. The first-order chi connectivity index (χ1) is 13.5. The lowest BCUT2D eigenvalue weighted by Gasteiger charge is -2.28. The molecule has 0 aromatic carbocycles. The maximum Gasteiger partial charge on any atom is 0.327 e. The summed E-state index contributed by atoms with van der Waals surface area (Å²) in [7, 11) is 0. The molecule has 2 amide bonds. The molecule has 0 atom stereocenters. The third-order valence-corrected chi connectivity index (χ3v) is 4.14. The number of carbonyl (C=O) groups is 2. The van der Waals surface area contributed by atoms with Crippen molar-refractivity contribution in [2.75, 3.05) is 11.4 Å². The molecule has 0 unspecified atom stereocenters. The zero-order chi connectivity index (χ0) is 20.5. The van der Waals surface area contributed by atoms with Crippen molar-refractivity contribution in [2.45, 2.75) is 33.1 Å². The first-order valence-corrected chi connectivity index (χ1v) is 8.97. The molecule has 0 radical (unpaired) electrons. The zero-order valence-corrected chi connectivity index (χ0v) is 15.9. The Morgan fingerprint density at radius 3 is 2.71 bits per heavy atom. The topological polar surface area (TPSA) is 110 Å². The van der Waals surface area contributed by atoms with E-state index >= 15 is 0 Å². The van der Waals surface area contributed by atoms with Gasteiger partial charge in [0.05, 0.1) is 11.1 Å². The molecule has 1 aliphatic rings. The maximum absolute atomic E-state index is 12.7. The number of amides is 2. The number of fused-ring (bicyclic) bond motifs is 1. The van der Waals surface area contributed by atoms with Gasteiger partial charge in [-0.05, 0) is 50.0 Å². The van der Waals surface area contributed by atoms with Gasteiger partial charge < -0.3 is 5.32 Å². The normalized spacial score (nSPS) is 14.6. The second-order valence-electron chi connectivity index (χ2n) is 6.21. The van der Waals surface area contributed by atoms with E-state index in [0.717, 1.165) is 24.8 Å². The van der Waals surface area contributed by atoms with Crippen molar-refractivity contribution in [1.29, 1.82) is 10.5 Å². The van der Waals surface area contributed by atoms with Crippen molar-refractivity contribution in [3.05, 3.63) is 58.5 Å². The smallest absolute Gasteiger partial charge is 0.312 e. The minimum atomic E-state index is -0.398. The van der Waals surface area contributed by atoms with Crippen LogP contribution in [0.1, 0.15) is 42.7 Å². The van der Waals surface area contributed by atoms with Crippen LogP contribution in [0.3, 0.4) is 0 Å². The molecule has 0 saturated carbocycles. The third kappa shape index (κ3) is 4.93. The van der Waals surface area contributed by atoms with E-state index in [9.17, 15) is 20.1 Å². The minimum Gasteiger partial charge on any atom is -0.312 e. The van der Waals surface area contributed by atoms with Crippen LogP contribution < -0.4 is 10.2 Å². The zero-order valence-electron chi connectivity index (χ0n) is 15.9. The molecule has 142 valence electrons. The summed E-state index contributed by atoms with van der Waals surface area (Å²) in [5.74, 6) is 0.473. The quantitative estimate of drug-likeness (QED) is 0.480. The van der Waals surface area contributed by atoms with Gasteiger partial charge in [0, 0.05) is 12.2 Å². The number of hydrogen-bond acceptors (Lipinski definition) is 5. The number of pyridine rings is 1. The Kier molecular flexibility index (Phi) is 7.24. The average Bonchev–Trinajstić information content (AvgIpc) is 2.72. The largest absolute Gasteiger partial charge is 0.327 e. The number of allylic oxidation sites excluding steroid dienone is 6. The predicted octanol–water partition coefficient (Wildman–Crippen LogP) is 3.57. The van der Waals surface area contributed by atoms with Gasteiger partial charge in [0.15, 0.2) is 6.29 Å². The molecule has 1 aliphatic heterocycles. The number of rotatable bonds is 5. The van der Waals surface area contributed by atoms with Crippen molar-refractivity contribution >= 4 is 18.1 Å². The number of aldehydes is 1. The van der Waals surface area contributed by atoms with E-state index in [1.165, 1.54) is 11.0 Å². The summed E-state index contributed by atoms with van der Waals surface area (Å²) >= 11 is 0. The molecule has 0 fully saturated rings. The second kappa shape index (κ2) is 9.84. The van der Waals surface area contributed by atoms with Gasteiger partial charge in [-0.2, -0.15) is 10.5 Å². The van der Waals surface area contributed by atoms with Gasteiger partial charge in [0.1, 0.15) is 23.7 Å². The Hall–Kier alpha value is -3.71. The predicted molar refractivity (Wildman–Crippen MR) is 105 cm³/mol. The van der Waals surface area contributed by atoms with E-state index < -0.39 is 6.03 Å². The summed E-state index contributed by atoms with van der Waals surface area (Å²) in [6.45, 7) is 4.05. The molecule has 0 bridgehead atoms. The van der Waals surface area contributed by atoms with Crippen LogP contribution in [0.25, 0.3) is 0 Å². The molecule has 7 heteroatoms. The second-order valence-corrected chi connectivity index (χ2v) is 6.21. The Balaban J connectivity index is 2.26. The van der Waals surface area contributed by atoms with Gasteiger partial charge >= 0.3 is 6.03 Å².